The van der Waals surface area contributed by atoms with E-state index in [4.69, 9.17) is 4.98 Å². The molecule has 0 saturated carbocycles. The Morgan fingerprint density at radius 2 is 2.05 bits per heavy atom. The van der Waals surface area contributed by atoms with Gasteiger partial charge in [-0.25, -0.2) is 4.98 Å². The fourth-order valence-corrected chi connectivity index (χ4v) is 3.61. The Bertz CT molecular complexity index is 770. The third kappa shape index (κ3) is 1.96. The van der Waals surface area contributed by atoms with Gasteiger partial charge in [0.2, 0.25) is 0 Å². The lowest BCUT2D eigenvalue weighted by Crippen LogP contribution is -1.85. The van der Waals surface area contributed by atoms with Gasteiger partial charge in [-0.1, -0.05) is 12.1 Å². The summed E-state index contributed by atoms with van der Waals surface area (Å²) in [5.41, 5.74) is 6.40. The van der Waals surface area contributed by atoms with E-state index in [2.05, 4.69) is 28.7 Å². The van der Waals surface area contributed by atoms with E-state index in [-0.39, 0.29) is 0 Å². The van der Waals surface area contributed by atoms with Gasteiger partial charge >= 0.3 is 0 Å². The fraction of sp³-hybridized carbons (Fsp3) is 0.250. The van der Waals surface area contributed by atoms with Crippen LogP contribution in [0.3, 0.4) is 0 Å². The summed E-state index contributed by atoms with van der Waals surface area (Å²) in [6, 6.07) is 6.78. The van der Waals surface area contributed by atoms with Crippen molar-refractivity contribution < 1.29 is 0 Å². The number of nitrogens with zero attached hydrogens (tertiary/aromatic N) is 3. The molecule has 4 heteroatoms. The van der Waals surface area contributed by atoms with Gasteiger partial charge in [0.1, 0.15) is 5.01 Å². The number of hydrogen-bond acceptors (Lipinski definition) is 3. The molecular formula is C16H15N3S. The van der Waals surface area contributed by atoms with Crippen LogP contribution < -0.4 is 0 Å². The zero-order chi connectivity index (χ0) is 13.5. The quantitative estimate of drug-likeness (QED) is 0.717. The monoisotopic (exact) mass is 281 g/mol. The van der Waals surface area contributed by atoms with Crippen molar-refractivity contribution in [2.75, 3.05) is 0 Å². The second kappa shape index (κ2) is 4.56. The first-order chi connectivity index (χ1) is 9.79. The highest BCUT2D eigenvalue weighted by Crippen LogP contribution is 2.31. The van der Waals surface area contributed by atoms with Crippen molar-refractivity contribution in [2.24, 2.45) is 7.05 Å². The minimum absolute atomic E-state index is 1.04. The van der Waals surface area contributed by atoms with Crippen molar-refractivity contribution in [3.63, 3.8) is 0 Å². The molecule has 2 aromatic heterocycles. The van der Waals surface area contributed by atoms with E-state index in [1.807, 2.05) is 24.1 Å². The van der Waals surface area contributed by atoms with Crippen molar-refractivity contribution in [2.45, 2.75) is 19.3 Å². The van der Waals surface area contributed by atoms with Crippen LogP contribution in [-0.2, 0) is 19.9 Å². The number of aryl methyl sites for hydroxylation is 3. The van der Waals surface area contributed by atoms with Gasteiger partial charge in [-0.2, -0.15) is 5.10 Å². The third-order valence-corrected chi connectivity index (χ3v) is 4.74. The highest BCUT2D eigenvalue weighted by molar-refractivity contribution is 7.13. The standard InChI is InChI=1S/C16H15N3S/c1-19-9-14(8-17-19)16-18-15(10-20-16)13-6-5-11-3-2-4-12(11)7-13/h5-10H,2-4H2,1H3. The normalized spacial score (nSPS) is 13.7. The molecule has 3 aromatic rings. The molecule has 0 N–H and O–H groups in total. The molecule has 20 heavy (non-hydrogen) atoms. The Morgan fingerprint density at radius 3 is 2.90 bits per heavy atom. The Hall–Kier alpha value is -1.94. The number of aromatic nitrogens is 3. The maximum atomic E-state index is 4.75. The molecule has 0 atom stereocenters. The van der Waals surface area contributed by atoms with Gasteiger partial charge in [0.05, 0.1) is 11.9 Å². The van der Waals surface area contributed by atoms with Crippen LogP contribution >= 0.6 is 11.3 Å². The maximum Gasteiger partial charge on any atom is 0.127 e. The van der Waals surface area contributed by atoms with Crippen LogP contribution in [0.1, 0.15) is 17.5 Å². The van der Waals surface area contributed by atoms with E-state index < -0.39 is 0 Å². The molecule has 1 aliphatic carbocycles. The lowest BCUT2D eigenvalue weighted by atomic mass is 10.1. The van der Waals surface area contributed by atoms with E-state index in [1.54, 1.807) is 11.3 Å². The van der Waals surface area contributed by atoms with Gasteiger partial charge in [-0.15, -0.1) is 11.3 Å². The second-order valence-corrected chi connectivity index (χ2v) is 6.14. The highest BCUT2D eigenvalue weighted by atomic mass is 32.1. The van der Waals surface area contributed by atoms with Crippen molar-refractivity contribution in [3.05, 3.63) is 47.1 Å². The molecule has 3 nitrogen and oxygen atoms in total. The largest absolute Gasteiger partial charge is 0.275 e. The molecule has 0 unspecified atom stereocenters. The maximum absolute atomic E-state index is 4.75. The summed E-state index contributed by atoms with van der Waals surface area (Å²) < 4.78 is 1.81. The Kier molecular flexibility index (Phi) is 2.70. The summed E-state index contributed by atoms with van der Waals surface area (Å²) in [7, 11) is 1.93. The summed E-state index contributed by atoms with van der Waals surface area (Å²) >= 11 is 1.68. The average Bonchev–Trinajstić information content (AvgIpc) is 3.17. The molecular weight excluding hydrogens is 266 g/mol. The first-order valence-corrected chi connectivity index (χ1v) is 7.74. The van der Waals surface area contributed by atoms with Gasteiger partial charge in [0, 0.05) is 29.8 Å². The first kappa shape index (κ1) is 11.9. The van der Waals surface area contributed by atoms with Crippen molar-refractivity contribution in [1.82, 2.24) is 14.8 Å². The molecule has 4 rings (SSSR count). The average molecular weight is 281 g/mol. The lowest BCUT2D eigenvalue weighted by molar-refractivity contribution is 0.768. The summed E-state index contributed by atoms with van der Waals surface area (Å²) in [5, 5.41) is 7.38. The molecule has 0 saturated heterocycles. The zero-order valence-electron chi connectivity index (χ0n) is 11.3. The smallest absolute Gasteiger partial charge is 0.127 e. The van der Waals surface area contributed by atoms with Gasteiger partial charge in [0.15, 0.2) is 0 Å². The molecule has 0 spiro atoms. The highest BCUT2D eigenvalue weighted by Gasteiger charge is 2.13. The van der Waals surface area contributed by atoms with Crippen LogP contribution in [0.25, 0.3) is 21.8 Å². The SMILES string of the molecule is Cn1cc(-c2nc(-c3ccc4c(c3)CCC4)cs2)cn1. The van der Waals surface area contributed by atoms with Crippen LogP contribution in [0.5, 0.6) is 0 Å². The predicted molar refractivity (Wildman–Crippen MR) is 81.8 cm³/mol. The molecule has 2 heterocycles. The van der Waals surface area contributed by atoms with E-state index in [0.29, 0.717) is 0 Å². The molecule has 0 aliphatic heterocycles. The Labute approximate surface area is 121 Å². The van der Waals surface area contributed by atoms with E-state index >= 15 is 0 Å². The number of hydrogen-bond donors (Lipinski definition) is 0. The van der Waals surface area contributed by atoms with Gasteiger partial charge in [-0.3, -0.25) is 4.68 Å². The zero-order valence-corrected chi connectivity index (χ0v) is 12.2. The van der Waals surface area contributed by atoms with E-state index in [0.717, 1.165) is 16.3 Å². The number of fused-ring (bicyclic) bond motifs is 1. The third-order valence-electron chi connectivity index (χ3n) is 3.85. The minimum atomic E-state index is 1.04. The molecule has 0 bridgehead atoms. The Balaban J connectivity index is 1.71. The number of rotatable bonds is 2. The van der Waals surface area contributed by atoms with E-state index in [1.165, 1.54) is 36.0 Å². The van der Waals surface area contributed by atoms with Gasteiger partial charge in [-0.05, 0) is 36.5 Å². The van der Waals surface area contributed by atoms with Crippen LogP contribution in [0, 0.1) is 0 Å². The second-order valence-electron chi connectivity index (χ2n) is 5.28. The number of thiazole rings is 1. The van der Waals surface area contributed by atoms with Crippen LogP contribution in [0.2, 0.25) is 0 Å². The molecule has 0 amide bonds. The summed E-state index contributed by atoms with van der Waals surface area (Å²) in [6.45, 7) is 0. The van der Waals surface area contributed by atoms with Crippen LogP contribution in [0.4, 0.5) is 0 Å². The topological polar surface area (TPSA) is 30.7 Å². The molecule has 0 radical (unpaired) electrons. The van der Waals surface area contributed by atoms with Gasteiger partial charge in [0.25, 0.3) is 0 Å². The summed E-state index contributed by atoms with van der Waals surface area (Å²) in [4.78, 5) is 4.75. The molecule has 0 fully saturated rings. The molecule has 1 aliphatic rings. The van der Waals surface area contributed by atoms with Crippen molar-refractivity contribution >= 4 is 11.3 Å². The fourth-order valence-electron chi connectivity index (χ4n) is 2.80. The van der Waals surface area contributed by atoms with Crippen LogP contribution in [0.15, 0.2) is 36.0 Å². The van der Waals surface area contributed by atoms with Crippen molar-refractivity contribution in [3.8, 4) is 21.8 Å². The molecule has 1 aromatic carbocycles. The Morgan fingerprint density at radius 1 is 1.15 bits per heavy atom. The summed E-state index contributed by atoms with van der Waals surface area (Å²) in [6.07, 6.45) is 7.60. The van der Waals surface area contributed by atoms with Crippen LogP contribution in [-0.4, -0.2) is 14.8 Å². The van der Waals surface area contributed by atoms with Crippen molar-refractivity contribution in [1.29, 1.82) is 0 Å². The van der Waals surface area contributed by atoms with Gasteiger partial charge < -0.3 is 0 Å². The van der Waals surface area contributed by atoms with E-state index in [9.17, 15) is 0 Å². The lowest BCUT2D eigenvalue weighted by Gasteiger charge is -2.02. The number of benzene rings is 1. The minimum Gasteiger partial charge on any atom is -0.275 e. The first-order valence-electron chi connectivity index (χ1n) is 6.86. The molecule has 100 valence electrons. The predicted octanol–water partition coefficient (Wildman–Crippen LogP) is 3.70. The summed E-state index contributed by atoms with van der Waals surface area (Å²) in [5.74, 6) is 0.